The standard InChI is InChI=1S/C17H26N2O2/c1-2-21-16-9-4-3-6-13(16)10-11-19-17(20)12-14-7-5-8-15(14)18/h3-4,6,9,14-15H,2,5,7-8,10-12,18H2,1H3,(H,19,20)/t14-,15+/m0/s1. The van der Waals surface area contributed by atoms with Crippen LogP contribution in [0.2, 0.25) is 0 Å². The van der Waals surface area contributed by atoms with Crippen molar-refractivity contribution in [2.45, 2.75) is 45.1 Å². The molecule has 0 radical (unpaired) electrons. The second kappa shape index (κ2) is 8.03. The average molecular weight is 290 g/mol. The van der Waals surface area contributed by atoms with E-state index in [0.29, 0.717) is 25.5 Å². The molecule has 0 aromatic heterocycles. The Morgan fingerprint density at radius 3 is 2.90 bits per heavy atom. The summed E-state index contributed by atoms with van der Waals surface area (Å²) in [6.07, 6.45) is 4.65. The van der Waals surface area contributed by atoms with Crippen molar-refractivity contribution in [2.75, 3.05) is 13.2 Å². The van der Waals surface area contributed by atoms with Crippen LogP contribution in [0, 0.1) is 5.92 Å². The number of rotatable bonds is 7. The van der Waals surface area contributed by atoms with E-state index in [2.05, 4.69) is 5.32 Å². The lowest BCUT2D eigenvalue weighted by atomic mass is 10.00. The minimum Gasteiger partial charge on any atom is -0.494 e. The summed E-state index contributed by atoms with van der Waals surface area (Å²) in [6, 6.07) is 8.18. The van der Waals surface area contributed by atoms with Gasteiger partial charge in [0.15, 0.2) is 0 Å². The van der Waals surface area contributed by atoms with Gasteiger partial charge in [-0.25, -0.2) is 0 Å². The molecule has 21 heavy (non-hydrogen) atoms. The van der Waals surface area contributed by atoms with Crippen LogP contribution in [0.4, 0.5) is 0 Å². The summed E-state index contributed by atoms with van der Waals surface area (Å²) in [5, 5.41) is 3.00. The largest absolute Gasteiger partial charge is 0.494 e. The molecule has 4 nitrogen and oxygen atoms in total. The first kappa shape index (κ1) is 15.8. The summed E-state index contributed by atoms with van der Waals surface area (Å²) >= 11 is 0. The Hall–Kier alpha value is -1.55. The number of nitrogens with one attached hydrogen (secondary N) is 1. The zero-order chi connectivity index (χ0) is 15.1. The lowest BCUT2D eigenvalue weighted by Crippen LogP contribution is -2.32. The predicted octanol–water partition coefficient (Wildman–Crippen LogP) is 2.26. The Morgan fingerprint density at radius 2 is 2.19 bits per heavy atom. The molecular formula is C17H26N2O2. The summed E-state index contributed by atoms with van der Waals surface area (Å²) in [7, 11) is 0. The van der Waals surface area contributed by atoms with Crippen LogP contribution in [0.1, 0.15) is 38.2 Å². The van der Waals surface area contributed by atoms with Crippen molar-refractivity contribution < 1.29 is 9.53 Å². The van der Waals surface area contributed by atoms with Crippen LogP contribution in [0.25, 0.3) is 0 Å². The van der Waals surface area contributed by atoms with E-state index in [1.807, 2.05) is 31.2 Å². The maximum Gasteiger partial charge on any atom is 0.220 e. The van der Waals surface area contributed by atoms with Gasteiger partial charge < -0.3 is 15.8 Å². The molecule has 1 aromatic carbocycles. The van der Waals surface area contributed by atoms with Crippen molar-refractivity contribution in [3.8, 4) is 5.75 Å². The molecular weight excluding hydrogens is 264 g/mol. The molecule has 0 saturated heterocycles. The Balaban J connectivity index is 1.75. The van der Waals surface area contributed by atoms with E-state index in [1.54, 1.807) is 0 Å². The molecule has 1 amide bonds. The molecule has 116 valence electrons. The van der Waals surface area contributed by atoms with E-state index in [-0.39, 0.29) is 11.9 Å². The van der Waals surface area contributed by atoms with Crippen LogP contribution in [0.5, 0.6) is 5.75 Å². The highest BCUT2D eigenvalue weighted by Crippen LogP contribution is 2.26. The van der Waals surface area contributed by atoms with E-state index in [0.717, 1.165) is 37.0 Å². The molecule has 3 N–H and O–H groups in total. The molecule has 0 spiro atoms. The van der Waals surface area contributed by atoms with Crippen molar-refractivity contribution >= 4 is 5.91 Å². The van der Waals surface area contributed by atoms with Crippen molar-refractivity contribution in [3.05, 3.63) is 29.8 Å². The van der Waals surface area contributed by atoms with Crippen molar-refractivity contribution in [1.82, 2.24) is 5.32 Å². The van der Waals surface area contributed by atoms with Gasteiger partial charge >= 0.3 is 0 Å². The first-order valence-electron chi connectivity index (χ1n) is 7.93. The molecule has 1 aliphatic carbocycles. The van der Waals surface area contributed by atoms with Gasteiger partial charge in [-0.2, -0.15) is 0 Å². The molecule has 2 atom stereocenters. The van der Waals surface area contributed by atoms with Gasteiger partial charge in [0.25, 0.3) is 0 Å². The van der Waals surface area contributed by atoms with Crippen LogP contribution in [-0.2, 0) is 11.2 Å². The van der Waals surface area contributed by atoms with Crippen LogP contribution < -0.4 is 15.8 Å². The Labute approximate surface area is 127 Å². The van der Waals surface area contributed by atoms with Crippen LogP contribution >= 0.6 is 0 Å². The Kier molecular flexibility index (Phi) is 6.05. The summed E-state index contributed by atoms with van der Waals surface area (Å²) in [5.41, 5.74) is 7.14. The third-order valence-electron chi connectivity index (χ3n) is 4.15. The number of nitrogens with two attached hydrogens (primary N) is 1. The summed E-state index contributed by atoms with van der Waals surface area (Å²) in [5.74, 6) is 1.39. The number of benzene rings is 1. The van der Waals surface area contributed by atoms with Crippen LogP contribution in [0.15, 0.2) is 24.3 Å². The zero-order valence-electron chi connectivity index (χ0n) is 12.8. The van der Waals surface area contributed by atoms with E-state index in [9.17, 15) is 4.79 Å². The van der Waals surface area contributed by atoms with Crippen LogP contribution in [-0.4, -0.2) is 25.1 Å². The molecule has 0 unspecified atom stereocenters. The number of ether oxygens (including phenoxy) is 1. The quantitative estimate of drug-likeness (QED) is 0.809. The molecule has 1 aromatic rings. The molecule has 1 aliphatic rings. The highest BCUT2D eigenvalue weighted by molar-refractivity contribution is 5.76. The molecule has 0 heterocycles. The fraction of sp³-hybridized carbons (Fsp3) is 0.588. The fourth-order valence-corrected chi connectivity index (χ4v) is 2.97. The monoisotopic (exact) mass is 290 g/mol. The first-order chi connectivity index (χ1) is 10.2. The number of carbonyl (C=O) groups excluding carboxylic acids is 1. The number of hydrogen-bond donors (Lipinski definition) is 2. The first-order valence-corrected chi connectivity index (χ1v) is 7.93. The van der Waals surface area contributed by atoms with E-state index in [4.69, 9.17) is 10.5 Å². The van der Waals surface area contributed by atoms with Crippen molar-refractivity contribution in [1.29, 1.82) is 0 Å². The molecule has 0 aliphatic heterocycles. The van der Waals surface area contributed by atoms with E-state index >= 15 is 0 Å². The summed E-state index contributed by atoms with van der Waals surface area (Å²) in [4.78, 5) is 11.9. The van der Waals surface area contributed by atoms with Gasteiger partial charge in [0.2, 0.25) is 5.91 Å². The summed E-state index contributed by atoms with van der Waals surface area (Å²) in [6.45, 7) is 3.28. The lowest BCUT2D eigenvalue weighted by Gasteiger charge is -2.15. The highest BCUT2D eigenvalue weighted by Gasteiger charge is 2.25. The molecule has 0 bridgehead atoms. The minimum absolute atomic E-state index is 0.117. The molecule has 4 heteroatoms. The Morgan fingerprint density at radius 1 is 1.38 bits per heavy atom. The van der Waals surface area contributed by atoms with Gasteiger partial charge in [-0.3, -0.25) is 4.79 Å². The van der Waals surface area contributed by atoms with Crippen molar-refractivity contribution in [3.63, 3.8) is 0 Å². The molecule has 1 fully saturated rings. The SMILES string of the molecule is CCOc1ccccc1CCNC(=O)C[C@@H]1CCC[C@H]1N. The van der Waals surface area contributed by atoms with Gasteiger partial charge in [-0.1, -0.05) is 24.6 Å². The zero-order valence-corrected chi connectivity index (χ0v) is 12.8. The number of hydrogen-bond acceptors (Lipinski definition) is 3. The second-order valence-corrected chi connectivity index (χ2v) is 5.70. The topological polar surface area (TPSA) is 64.3 Å². The summed E-state index contributed by atoms with van der Waals surface area (Å²) < 4.78 is 5.59. The predicted molar refractivity (Wildman–Crippen MR) is 84.3 cm³/mol. The Bertz CT molecular complexity index is 462. The van der Waals surface area contributed by atoms with Crippen LogP contribution in [0.3, 0.4) is 0 Å². The van der Waals surface area contributed by atoms with Gasteiger partial charge in [0.1, 0.15) is 5.75 Å². The fourth-order valence-electron chi connectivity index (χ4n) is 2.97. The minimum atomic E-state index is 0.117. The number of para-hydroxylation sites is 1. The van der Waals surface area contributed by atoms with Gasteiger partial charge in [0.05, 0.1) is 6.61 Å². The normalized spacial score (nSPS) is 21.2. The molecule has 2 rings (SSSR count). The smallest absolute Gasteiger partial charge is 0.220 e. The van der Waals surface area contributed by atoms with Gasteiger partial charge in [-0.05, 0) is 43.7 Å². The molecule has 1 saturated carbocycles. The maximum absolute atomic E-state index is 11.9. The second-order valence-electron chi connectivity index (χ2n) is 5.70. The van der Waals surface area contributed by atoms with Gasteiger partial charge in [0, 0.05) is 19.0 Å². The third-order valence-corrected chi connectivity index (χ3v) is 4.15. The highest BCUT2D eigenvalue weighted by atomic mass is 16.5. The number of amides is 1. The average Bonchev–Trinajstić information content (AvgIpc) is 2.86. The van der Waals surface area contributed by atoms with E-state index < -0.39 is 0 Å². The van der Waals surface area contributed by atoms with E-state index in [1.165, 1.54) is 0 Å². The van der Waals surface area contributed by atoms with Crippen molar-refractivity contribution in [2.24, 2.45) is 11.7 Å². The maximum atomic E-state index is 11.9. The third kappa shape index (κ3) is 4.74. The number of carbonyl (C=O) groups is 1. The lowest BCUT2D eigenvalue weighted by molar-refractivity contribution is -0.122. The van der Waals surface area contributed by atoms with Gasteiger partial charge in [-0.15, -0.1) is 0 Å².